The highest BCUT2D eigenvalue weighted by molar-refractivity contribution is 6.42. The molecule has 4 heteroatoms. The average molecular weight is 247 g/mol. The van der Waals surface area contributed by atoms with Crippen LogP contribution in [0.4, 0.5) is 0 Å². The van der Waals surface area contributed by atoms with Gasteiger partial charge in [-0.15, -0.1) is 0 Å². The number of nitrogens with zero attached hydrogens (tertiary/aromatic N) is 1. The number of nitrogens with one attached hydrogen (secondary N) is 1. The molecule has 15 heavy (non-hydrogen) atoms. The lowest BCUT2D eigenvalue weighted by Gasteiger charge is -2.31. The second-order valence-electron chi connectivity index (χ2n) is 4.32. The van der Waals surface area contributed by atoms with E-state index in [1.54, 1.807) is 0 Å². The van der Waals surface area contributed by atoms with E-state index in [1.807, 2.05) is 13.1 Å². The van der Waals surface area contributed by atoms with Gasteiger partial charge in [-0.25, -0.2) is 0 Å². The van der Waals surface area contributed by atoms with E-state index in [-0.39, 0.29) is 0 Å². The number of halogens is 2. The quantitative estimate of drug-likeness (QED) is 0.805. The molecule has 2 heterocycles. The molecule has 0 spiro atoms. The van der Waals surface area contributed by atoms with Gasteiger partial charge in [0.15, 0.2) is 0 Å². The third kappa shape index (κ3) is 2.03. The fraction of sp³-hybridized carbons (Fsp3) is 0.636. The van der Waals surface area contributed by atoms with Gasteiger partial charge in [0.25, 0.3) is 0 Å². The van der Waals surface area contributed by atoms with E-state index >= 15 is 0 Å². The Morgan fingerprint density at radius 3 is 2.73 bits per heavy atom. The van der Waals surface area contributed by atoms with Gasteiger partial charge >= 0.3 is 0 Å². The molecule has 1 aliphatic heterocycles. The van der Waals surface area contributed by atoms with Crippen molar-refractivity contribution in [3.05, 3.63) is 21.9 Å². The maximum absolute atomic E-state index is 6.10. The SMILES string of the molecule is Cc1c(Cl)c(Cl)cn1[C@@H]1CCNC[C@@H]1C. The lowest BCUT2D eigenvalue weighted by molar-refractivity contribution is 0.271. The van der Waals surface area contributed by atoms with Gasteiger partial charge < -0.3 is 9.88 Å². The summed E-state index contributed by atoms with van der Waals surface area (Å²) in [6.07, 6.45) is 3.11. The molecule has 2 atom stereocenters. The molecular formula is C11H16Cl2N2. The van der Waals surface area contributed by atoms with Crippen molar-refractivity contribution in [2.75, 3.05) is 13.1 Å². The van der Waals surface area contributed by atoms with Crippen LogP contribution in [0.5, 0.6) is 0 Å². The summed E-state index contributed by atoms with van der Waals surface area (Å²) in [5, 5.41) is 4.76. The van der Waals surface area contributed by atoms with Crippen molar-refractivity contribution < 1.29 is 0 Å². The standard InChI is InChI=1S/C11H16Cl2N2/c1-7-5-14-4-3-10(7)15-6-9(12)11(13)8(15)2/h6-7,10,14H,3-5H2,1-2H3/t7-,10+/m0/s1. The Balaban J connectivity index is 2.31. The fourth-order valence-electron chi connectivity index (χ4n) is 2.32. The number of aromatic nitrogens is 1. The van der Waals surface area contributed by atoms with Crippen LogP contribution in [0.1, 0.15) is 25.1 Å². The van der Waals surface area contributed by atoms with E-state index in [4.69, 9.17) is 23.2 Å². The summed E-state index contributed by atoms with van der Waals surface area (Å²) in [5.74, 6) is 0.622. The smallest absolute Gasteiger partial charge is 0.0798 e. The lowest BCUT2D eigenvalue weighted by Crippen LogP contribution is -2.36. The van der Waals surface area contributed by atoms with Crippen molar-refractivity contribution in [1.82, 2.24) is 9.88 Å². The summed E-state index contributed by atoms with van der Waals surface area (Å²) in [6.45, 7) is 6.43. The van der Waals surface area contributed by atoms with Gasteiger partial charge in [0.1, 0.15) is 0 Å². The molecule has 0 saturated carbocycles. The van der Waals surface area contributed by atoms with Crippen LogP contribution in [-0.4, -0.2) is 17.7 Å². The van der Waals surface area contributed by atoms with E-state index in [1.165, 1.54) is 0 Å². The second-order valence-corrected chi connectivity index (χ2v) is 5.11. The highest BCUT2D eigenvalue weighted by Gasteiger charge is 2.24. The van der Waals surface area contributed by atoms with Crippen LogP contribution < -0.4 is 5.32 Å². The topological polar surface area (TPSA) is 17.0 Å². The minimum atomic E-state index is 0.524. The Bertz CT molecular complexity index is 360. The minimum Gasteiger partial charge on any atom is -0.345 e. The van der Waals surface area contributed by atoms with Gasteiger partial charge in [0.2, 0.25) is 0 Å². The third-order valence-corrected chi connectivity index (χ3v) is 4.12. The lowest BCUT2D eigenvalue weighted by atomic mass is 9.95. The summed E-state index contributed by atoms with van der Waals surface area (Å²) in [4.78, 5) is 0. The summed E-state index contributed by atoms with van der Waals surface area (Å²) >= 11 is 12.1. The number of rotatable bonds is 1. The first-order valence-electron chi connectivity index (χ1n) is 5.34. The zero-order chi connectivity index (χ0) is 11.0. The van der Waals surface area contributed by atoms with E-state index in [2.05, 4.69) is 16.8 Å². The Morgan fingerprint density at radius 2 is 2.20 bits per heavy atom. The van der Waals surface area contributed by atoms with Gasteiger partial charge in [0.05, 0.1) is 10.0 Å². The van der Waals surface area contributed by atoms with Gasteiger partial charge in [0, 0.05) is 17.9 Å². The maximum atomic E-state index is 6.10. The molecule has 0 aromatic carbocycles. The molecule has 1 aromatic rings. The molecule has 1 aromatic heterocycles. The van der Waals surface area contributed by atoms with Crippen molar-refractivity contribution in [1.29, 1.82) is 0 Å². The molecule has 1 N–H and O–H groups in total. The van der Waals surface area contributed by atoms with Crippen LogP contribution in [0, 0.1) is 12.8 Å². The Kier molecular flexibility index (Phi) is 3.29. The first-order chi connectivity index (χ1) is 7.11. The number of hydrogen-bond donors (Lipinski definition) is 1. The molecule has 2 rings (SSSR count). The maximum Gasteiger partial charge on any atom is 0.0798 e. The van der Waals surface area contributed by atoms with Crippen molar-refractivity contribution in [2.45, 2.75) is 26.3 Å². The van der Waals surface area contributed by atoms with E-state index in [0.29, 0.717) is 22.0 Å². The molecule has 0 unspecified atom stereocenters. The van der Waals surface area contributed by atoms with E-state index < -0.39 is 0 Å². The zero-order valence-corrected chi connectivity index (χ0v) is 10.6. The summed E-state index contributed by atoms with van der Waals surface area (Å²) in [7, 11) is 0. The zero-order valence-electron chi connectivity index (χ0n) is 9.06. The van der Waals surface area contributed by atoms with Gasteiger partial charge in [-0.3, -0.25) is 0 Å². The molecule has 0 radical (unpaired) electrons. The van der Waals surface area contributed by atoms with Crippen molar-refractivity contribution in [3.8, 4) is 0 Å². The van der Waals surface area contributed by atoms with Crippen molar-refractivity contribution in [2.24, 2.45) is 5.92 Å². The first kappa shape index (κ1) is 11.3. The molecule has 0 amide bonds. The molecule has 0 aliphatic carbocycles. The fourth-order valence-corrected chi connectivity index (χ4v) is 2.71. The summed E-state index contributed by atoms with van der Waals surface area (Å²) in [5.41, 5.74) is 1.08. The molecular weight excluding hydrogens is 231 g/mol. The first-order valence-corrected chi connectivity index (χ1v) is 6.10. The molecule has 1 fully saturated rings. The van der Waals surface area contributed by atoms with Crippen LogP contribution >= 0.6 is 23.2 Å². The van der Waals surface area contributed by atoms with Crippen LogP contribution in [0.3, 0.4) is 0 Å². The molecule has 2 nitrogen and oxygen atoms in total. The normalized spacial score (nSPS) is 26.9. The van der Waals surface area contributed by atoms with Gasteiger partial charge in [-0.1, -0.05) is 30.1 Å². The highest BCUT2D eigenvalue weighted by Crippen LogP contribution is 2.33. The van der Waals surface area contributed by atoms with E-state index in [0.717, 1.165) is 25.2 Å². The van der Waals surface area contributed by atoms with Gasteiger partial charge in [-0.05, 0) is 32.4 Å². The van der Waals surface area contributed by atoms with Crippen LogP contribution in [0.15, 0.2) is 6.20 Å². The monoisotopic (exact) mass is 246 g/mol. The Morgan fingerprint density at radius 1 is 1.47 bits per heavy atom. The molecule has 1 aliphatic rings. The van der Waals surface area contributed by atoms with Crippen LogP contribution in [0.2, 0.25) is 10.0 Å². The van der Waals surface area contributed by atoms with E-state index in [9.17, 15) is 0 Å². The summed E-state index contributed by atoms with van der Waals surface area (Å²) in [6, 6.07) is 0.524. The average Bonchev–Trinajstić information content (AvgIpc) is 2.47. The Hall–Kier alpha value is -0.180. The molecule has 1 saturated heterocycles. The molecule has 84 valence electrons. The third-order valence-electron chi connectivity index (χ3n) is 3.26. The predicted molar refractivity (Wildman–Crippen MR) is 64.9 cm³/mol. The number of piperidine rings is 1. The number of hydrogen-bond acceptors (Lipinski definition) is 1. The highest BCUT2D eigenvalue weighted by atomic mass is 35.5. The van der Waals surface area contributed by atoms with Crippen molar-refractivity contribution in [3.63, 3.8) is 0 Å². The second kappa shape index (κ2) is 4.36. The predicted octanol–water partition coefficient (Wildman–Crippen LogP) is 3.27. The van der Waals surface area contributed by atoms with Crippen molar-refractivity contribution >= 4 is 23.2 Å². The largest absolute Gasteiger partial charge is 0.345 e. The Labute approximate surface area is 101 Å². The van der Waals surface area contributed by atoms with Crippen LogP contribution in [0.25, 0.3) is 0 Å². The molecule has 0 bridgehead atoms. The summed E-state index contributed by atoms with van der Waals surface area (Å²) < 4.78 is 2.23. The van der Waals surface area contributed by atoms with Gasteiger partial charge in [-0.2, -0.15) is 0 Å². The van der Waals surface area contributed by atoms with Crippen LogP contribution in [-0.2, 0) is 0 Å². The minimum absolute atomic E-state index is 0.524.